The predicted octanol–water partition coefficient (Wildman–Crippen LogP) is 5.43. The molecule has 1 N–H and O–H groups in total. The fourth-order valence-electron chi connectivity index (χ4n) is 3.27. The van der Waals surface area contributed by atoms with Crippen LogP contribution in [0.25, 0.3) is 0 Å². The first-order valence-electron chi connectivity index (χ1n) is 10.1. The van der Waals surface area contributed by atoms with Gasteiger partial charge >= 0.3 is 6.03 Å². The van der Waals surface area contributed by atoms with Gasteiger partial charge in [-0.05, 0) is 60.4 Å². The van der Waals surface area contributed by atoms with Crippen LogP contribution in [0.1, 0.15) is 16.7 Å². The van der Waals surface area contributed by atoms with E-state index in [4.69, 9.17) is 9.47 Å². The Morgan fingerprint density at radius 2 is 1.61 bits per heavy atom. The Morgan fingerprint density at radius 1 is 0.935 bits per heavy atom. The topological polar surface area (TPSA) is 50.8 Å². The van der Waals surface area contributed by atoms with E-state index < -0.39 is 0 Å². The molecule has 0 aromatic heterocycles. The van der Waals surface area contributed by atoms with Gasteiger partial charge in [0.2, 0.25) is 0 Å². The SMILES string of the molecule is COc1ccc(CCN(Cc2ccc(F)cc2)C(=O)Nc2ccccc2C)cc1OC. The Labute approximate surface area is 182 Å². The van der Waals surface area contributed by atoms with Crippen LogP contribution in [0, 0.1) is 12.7 Å². The second-order valence-electron chi connectivity index (χ2n) is 7.23. The number of amides is 2. The fraction of sp³-hybridized carbons (Fsp3) is 0.240. The standard InChI is InChI=1S/C25H27FN2O3/c1-18-6-4-5-7-22(18)27-25(29)28(17-20-8-11-21(26)12-9-20)15-14-19-10-13-23(30-2)24(16-19)31-3/h4-13,16H,14-15,17H2,1-3H3,(H,27,29). The minimum absolute atomic E-state index is 0.209. The zero-order valence-electron chi connectivity index (χ0n) is 18.0. The molecule has 0 radical (unpaired) electrons. The first kappa shape index (κ1) is 22.2. The van der Waals surface area contributed by atoms with E-state index in [2.05, 4.69) is 5.32 Å². The summed E-state index contributed by atoms with van der Waals surface area (Å²) in [6, 6.07) is 19.3. The Kier molecular flexibility index (Phi) is 7.49. The molecule has 0 aliphatic rings. The molecular weight excluding hydrogens is 395 g/mol. The van der Waals surface area contributed by atoms with Crippen molar-refractivity contribution in [1.29, 1.82) is 0 Å². The maximum Gasteiger partial charge on any atom is 0.322 e. The van der Waals surface area contributed by atoms with Crippen molar-refractivity contribution in [2.24, 2.45) is 0 Å². The van der Waals surface area contributed by atoms with Gasteiger partial charge in [0, 0.05) is 18.8 Å². The highest BCUT2D eigenvalue weighted by atomic mass is 19.1. The molecule has 0 fully saturated rings. The van der Waals surface area contributed by atoms with E-state index in [9.17, 15) is 9.18 Å². The van der Waals surface area contributed by atoms with Crippen LogP contribution in [0.5, 0.6) is 11.5 Å². The number of hydrogen-bond acceptors (Lipinski definition) is 3. The van der Waals surface area contributed by atoms with Crippen molar-refractivity contribution in [3.63, 3.8) is 0 Å². The van der Waals surface area contributed by atoms with Crippen LogP contribution in [0.15, 0.2) is 66.7 Å². The van der Waals surface area contributed by atoms with Crippen molar-refractivity contribution in [1.82, 2.24) is 4.90 Å². The third-order valence-corrected chi connectivity index (χ3v) is 5.08. The van der Waals surface area contributed by atoms with Crippen molar-refractivity contribution < 1.29 is 18.7 Å². The Morgan fingerprint density at radius 3 is 2.29 bits per heavy atom. The molecule has 6 heteroatoms. The first-order chi connectivity index (χ1) is 15.0. The zero-order chi connectivity index (χ0) is 22.2. The lowest BCUT2D eigenvalue weighted by atomic mass is 10.1. The van der Waals surface area contributed by atoms with Gasteiger partial charge in [-0.25, -0.2) is 9.18 Å². The molecule has 0 saturated carbocycles. The Hall–Kier alpha value is -3.54. The van der Waals surface area contributed by atoms with Crippen LogP contribution < -0.4 is 14.8 Å². The molecule has 0 spiro atoms. The molecule has 0 aliphatic carbocycles. The quantitative estimate of drug-likeness (QED) is 0.527. The monoisotopic (exact) mass is 422 g/mol. The lowest BCUT2D eigenvalue weighted by Crippen LogP contribution is -2.36. The smallest absolute Gasteiger partial charge is 0.322 e. The van der Waals surface area contributed by atoms with Crippen molar-refractivity contribution in [3.05, 3.63) is 89.2 Å². The van der Waals surface area contributed by atoms with E-state index >= 15 is 0 Å². The first-order valence-corrected chi connectivity index (χ1v) is 10.1. The second kappa shape index (κ2) is 10.5. The number of urea groups is 1. The molecule has 5 nitrogen and oxygen atoms in total. The van der Waals surface area contributed by atoms with E-state index in [1.54, 1.807) is 31.3 Å². The number of nitrogens with zero attached hydrogens (tertiary/aromatic N) is 1. The van der Waals surface area contributed by atoms with E-state index in [-0.39, 0.29) is 11.8 Å². The van der Waals surface area contributed by atoms with Crippen molar-refractivity contribution in [2.45, 2.75) is 19.9 Å². The number of anilines is 1. The third-order valence-electron chi connectivity index (χ3n) is 5.08. The Bertz CT molecular complexity index is 1020. The average Bonchev–Trinajstić information content (AvgIpc) is 2.79. The van der Waals surface area contributed by atoms with Crippen LogP contribution >= 0.6 is 0 Å². The Balaban J connectivity index is 1.77. The number of nitrogens with one attached hydrogen (secondary N) is 1. The number of benzene rings is 3. The molecule has 0 saturated heterocycles. The minimum atomic E-state index is -0.301. The molecule has 31 heavy (non-hydrogen) atoms. The largest absolute Gasteiger partial charge is 0.493 e. The maximum atomic E-state index is 13.3. The predicted molar refractivity (Wildman–Crippen MR) is 120 cm³/mol. The highest BCUT2D eigenvalue weighted by Crippen LogP contribution is 2.28. The molecule has 3 aromatic carbocycles. The van der Waals surface area contributed by atoms with Crippen molar-refractivity contribution in [3.8, 4) is 11.5 Å². The number of ether oxygens (including phenoxy) is 2. The molecule has 3 aromatic rings. The molecule has 2 amide bonds. The number of carbonyl (C=O) groups excluding carboxylic acids is 1. The van der Waals surface area contributed by atoms with Gasteiger partial charge in [0.1, 0.15) is 5.82 Å². The van der Waals surface area contributed by atoms with Gasteiger partial charge in [-0.3, -0.25) is 0 Å². The summed E-state index contributed by atoms with van der Waals surface area (Å²) in [6.07, 6.45) is 0.628. The van der Waals surface area contributed by atoms with E-state index in [1.165, 1.54) is 12.1 Å². The van der Waals surface area contributed by atoms with Gasteiger partial charge < -0.3 is 19.7 Å². The van der Waals surface area contributed by atoms with Crippen LogP contribution in [0.3, 0.4) is 0 Å². The van der Waals surface area contributed by atoms with Gasteiger partial charge in [0.15, 0.2) is 11.5 Å². The number of hydrogen-bond donors (Lipinski definition) is 1. The number of para-hydroxylation sites is 1. The van der Waals surface area contributed by atoms with Gasteiger partial charge in [-0.2, -0.15) is 0 Å². The molecule has 162 valence electrons. The van der Waals surface area contributed by atoms with Crippen LogP contribution in [0.4, 0.5) is 14.9 Å². The third kappa shape index (κ3) is 5.98. The number of carbonyl (C=O) groups is 1. The van der Waals surface area contributed by atoms with Crippen LogP contribution in [0.2, 0.25) is 0 Å². The summed E-state index contributed by atoms with van der Waals surface area (Å²) in [6.45, 7) is 2.79. The molecular formula is C25H27FN2O3. The number of methoxy groups -OCH3 is 2. The van der Waals surface area contributed by atoms with Crippen molar-refractivity contribution in [2.75, 3.05) is 26.1 Å². The highest BCUT2D eigenvalue weighted by Gasteiger charge is 2.16. The van der Waals surface area contributed by atoms with Crippen LogP contribution in [-0.4, -0.2) is 31.7 Å². The van der Waals surface area contributed by atoms with Crippen LogP contribution in [-0.2, 0) is 13.0 Å². The summed E-state index contributed by atoms with van der Waals surface area (Å²) in [5.74, 6) is 1.01. The maximum absolute atomic E-state index is 13.3. The lowest BCUT2D eigenvalue weighted by Gasteiger charge is -2.24. The molecule has 0 bridgehead atoms. The van der Waals surface area contributed by atoms with Crippen molar-refractivity contribution >= 4 is 11.7 Å². The van der Waals surface area contributed by atoms with E-state index in [1.807, 2.05) is 49.4 Å². The lowest BCUT2D eigenvalue weighted by molar-refractivity contribution is 0.209. The summed E-state index contributed by atoms with van der Waals surface area (Å²) in [5.41, 5.74) is 3.62. The summed E-state index contributed by atoms with van der Waals surface area (Å²) in [7, 11) is 3.19. The average molecular weight is 423 g/mol. The number of rotatable bonds is 8. The fourth-order valence-corrected chi connectivity index (χ4v) is 3.27. The molecule has 0 unspecified atom stereocenters. The highest BCUT2D eigenvalue weighted by molar-refractivity contribution is 5.90. The molecule has 0 aliphatic heterocycles. The van der Waals surface area contributed by atoms with Gasteiger partial charge in [0.05, 0.1) is 14.2 Å². The zero-order valence-corrected chi connectivity index (χ0v) is 18.0. The second-order valence-corrected chi connectivity index (χ2v) is 7.23. The minimum Gasteiger partial charge on any atom is -0.493 e. The summed E-state index contributed by atoms with van der Waals surface area (Å²) in [4.78, 5) is 14.8. The van der Waals surface area contributed by atoms with E-state index in [0.717, 1.165) is 22.4 Å². The number of aryl methyl sites for hydroxylation is 1. The van der Waals surface area contributed by atoms with Gasteiger partial charge in [-0.15, -0.1) is 0 Å². The molecule has 0 heterocycles. The van der Waals surface area contributed by atoms with E-state index in [0.29, 0.717) is 31.0 Å². The summed E-state index contributed by atoms with van der Waals surface area (Å²) >= 11 is 0. The molecule has 0 atom stereocenters. The number of halogens is 1. The van der Waals surface area contributed by atoms with Gasteiger partial charge in [-0.1, -0.05) is 36.4 Å². The normalized spacial score (nSPS) is 10.5. The van der Waals surface area contributed by atoms with Gasteiger partial charge in [0.25, 0.3) is 0 Å². The summed E-state index contributed by atoms with van der Waals surface area (Å²) < 4.78 is 24.0. The molecule has 3 rings (SSSR count). The summed E-state index contributed by atoms with van der Waals surface area (Å²) in [5, 5.41) is 2.99.